The smallest absolute Gasteiger partial charge is 0.321 e. The van der Waals surface area contributed by atoms with Crippen molar-refractivity contribution in [1.29, 1.82) is 0 Å². The van der Waals surface area contributed by atoms with Crippen molar-refractivity contribution in [2.45, 2.75) is 19.6 Å². The van der Waals surface area contributed by atoms with E-state index in [4.69, 9.17) is 0 Å². The summed E-state index contributed by atoms with van der Waals surface area (Å²) in [7, 11) is 0. The van der Waals surface area contributed by atoms with Gasteiger partial charge in [0.25, 0.3) is 11.8 Å². The first-order chi connectivity index (χ1) is 17.7. The molecular weight excluding hydrogens is 507 g/mol. The lowest BCUT2D eigenvalue weighted by molar-refractivity contribution is -0.142. The summed E-state index contributed by atoms with van der Waals surface area (Å²) in [5.41, 5.74) is -0.183. The van der Waals surface area contributed by atoms with Gasteiger partial charge in [-0.1, -0.05) is 12.1 Å². The van der Waals surface area contributed by atoms with Gasteiger partial charge in [0.2, 0.25) is 0 Å². The molecule has 37 heavy (non-hydrogen) atoms. The topological polar surface area (TPSA) is 106 Å². The van der Waals surface area contributed by atoms with E-state index in [1.54, 1.807) is 41.8 Å². The summed E-state index contributed by atoms with van der Waals surface area (Å²) in [6.07, 6.45) is -3.20. The SMILES string of the molecule is CCn1nccc1C(=O)Nc1cccc(NC(=O)c2cc3nc(-c4cccs4)cc(C(F)(F)F)n3n2)c1. The number of amides is 2. The molecule has 2 N–H and O–H groups in total. The maximum Gasteiger partial charge on any atom is 0.433 e. The highest BCUT2D eigenvalue weighted by molar-refractivity contribution is 7.13. The van der Waals surface area contributed by atoms with E-state index in [-0.39, 0.29) is 22.9 Å². The number of alkyl halides is 3. The fourth-order valence-corrected chi connectivity index (χ4v) is 4.37. The van der Waals surface area contributed by atoms with Crippen molar-refractivity contribution in [3.05, 3.63) is 83.3 Å². The van der Waals surface area contributed by atoms with E-state index in [0.717, 1.165) is 6.07 Å². The highest BCUT2D eigenvalue weighted by Gasteiger charge is 2.35. The van der Waals surface area contributed by atoms with E-state index in [9.17, 15) is 22.8 Å². The molecule has 0 radical (unpaired) electrons. The largest absolute Gasteiger partial charge is 0.433 e. The van der Waals surface area contributed by atoms with Crippen molar-refractivity contribution in [3.8, 4) is 10.6 Å². The molecule has 0 bridgehead atoms. The molecule has 5 rings (SSSR count). The Morgan fingerprint density at radius 1 is 1.00 bits per heavy atom. The number of halogens is 3. The number of nitrogens with one attached hydrogen (secondary N) is 2. The Morgan fingerprint density at radius 2 is 1.76 bits per heavy atom. The Morgan fingerprint density at radius 3 is 2.43 bits per heavy atom. The van der Waals surface area contributed by atoms with Crippen molar-refractivity contribution < 1.29 is 22.8 Å². The molecule has 2 amide bonds. The van der Waals surface area contributed by atoms with E-state index in [1.165, 1.54) is 34.3 Å². The number of anilines is 2. The predicted molar refractivity (Wildman–Crippen MR) is 132 cm³/mol. The zero-order valence-electron chi connectivity index (χ0n) is 19.2. The molecule has 0 aliphatic carbocycles. The molecule has 0 spiro atoms. The third-order valence-corrected chi connectivity index (χ3v) is 6.24. The summed E-state index contributed by atoms with van der Waals surface area (Å²) in [6.45, 7) is 2.38. The molecule has 1 aromatic carbocycles. The normalized spacial score (nSPS) is 11.6. The first-order valence-electron chi connectivity index (χ1n) is 11.0. The Labute approximate surface area is 211 Å². The van der Waals surface area contributed by atoms with Crippen molar-refractivity contribution in [2.75, 3.05) is 10.6 Å². The maximum atomic E-state index is 13.8. The van der Waals surface area contributed by atoms with Crippen LogP contribution in [0, 0.1) is 0 Å². The van der Waals surface area contributed by atoms with E-state index >= 15 is 0 Å². The predicted octanol–water partition coefficient (Wildman–Crippen LogP) is 5.20. The second-order valence-corrected chi connectivity index (χ2v) is 8.77. The minimum absolute atomic E-state index is 0.114. The summed E-state index contributed by atoms with van der Waals surface area (Å²) < 4.78 is 43.5. The van der Waals surface area contributed by atoms with Crippen LogP contribution in [0.3, 0.4) is 0 Å². The van der Waals surface area contributed by atoms with Crippen LogP contribution in [0.5, 0.6) is 0 Å². The highest BCUT2D eigenvalue weighted by atomic mass is 32.1. The van der Waals surface area contributed by atoms with Crippen LogP contribution in [0.15, 0.2) is 66.2 Å². The zero-order chi connectivity index (χ0) is 26.2. The van der Waals surface area contributed by atoms with Crippen LogP contribution in [0.4, 0.5) is 24.5 Å². The van der Waals surface area contributed by atoms with Crippen LogP contribution in [-0.4, -0.2) is 36.2 Å². The fraction of sp³-hybridized carbons (Fsp3) is 0.125. The average Bonchev–Trinajstić information content (AvgIpc) is 3.63. The van der Waals surface area contributed by atoms with E-state index < -0.39 is 17.8 Å². The number of benzene rings is 1. The molecule has 5 aromatic rings. The number of nitrogens with zero attached hydrogens (tertiary/aromatic N) is 5. The van der Waals surface area contributed by atoms with Crippen LogP contribution in [-0.2, 0) is 12.7 Å². The second kappa shape index (κ2) is 9.50. The van der Waals surface area contributed by atoms with E-state index in [1.807, 2.05) is 6.92 Å². The molecule has 0 unspecified atom stereocenters. The molecule has 9 nitrogen and oxygen atoms in total. The van der Waals surface area contributed by atoms with Crippen LogP contribution in [0.25, 0.3) is 16.2 Å². The first-order valence-corrected chi connectivity index (χ1v) is 11.9. The third kappa shape index (κ3) is 4.93. The highest BCUT2D eigenvalue weighted by Crippen LogP contribution is 2.33. The lowest BCUT2D eigenvalue weighted by atomic mass is 10.2. The van der Waals surface area contributed by atoms with Crippen molar-refractivity contribution in [2.24, 2.45) is 0 Å². The molecule has 0 saturated heterocycles. The number of thiophene rings is 1. The average molecular weight is 526 g/mol. The number of carbonyl (C=O) groups is 2. The number of carbonyl (C=O) groups excluding carboxylic acids is 2. The van der Waals surface area contributed by atoms with Gasteiger partial charge in [0.05, 0.1) is 10.6 Å². The molecule has 0 aliphatic heterocycles. The van der Waals surface area contributed by atoms with Gasteiger partial charge in [-0.2, -0.15) is 23.4 Å². The number of fused-ring (bicyclic) bond motifs is 1. The molecular formula is C24H18F3N7O2S. The summed E-state index contributed by atoms with van der Waals surface area (Å²) in [4.78, 5) is 30.3. The summed E-state index contributed by atoms with van der Waals surface area (Å²) in [5, 5.41) is 15.0. The lowest BCUT2D eigenvalue weighted by Gasteiger charge is -2.10. The number of hydrogen-bond donors (Lipinski definition) is 2. The van der Waals surface area contributed by atoms with Crippen LogP contribution in [0.2, 0.25) is 0 Å². The van der Waals surface area contributed by atoms with Gasteiger partial charge in [-0.05, 0) is 48.7 Å². The molecule has 0 saturated carbocycles. The second-order valence-electron chi connectivity index (χ2n) is 7.82. The van der Waals surface area contributed by atoms with Crippen LogP contribution < -0.4 is 10.6 Å². The summed E-state index contributed by atoms with van der Waals surface area (Å²) >= 11 is 1.25. The minimum Gasteiger partial charge on any atom is -0.321 e. The van der Waals surface area contributed by atoms with Gasteiger partial charge in [0, 0.05) is 30.2 Å². The van der Waals surface area contributed by atoms with Crippen molar-refractivity contribution in [1.82, 2.24) is 24.4 Å². The molecule has 0 aliphatic rings. The third-order valence-electron chi connectivity index (χ3n) is 5.35. The van der Waals surface area contributed by atoms with Gasteiger partial charge >= 0.3 is 6.18 Å². The monoisotopic (exact) mass is 525 g/mol. The molecule has 13 heteroatoms. The molecule has 0 fully saturated rings. The Bertz CT molecular complexity index is 1610. The van der Waals surface area contributed by atoms with Crippen LogP contribution >= 0.6 is 11.3 Å². The lowest BCUT2D eigenvalue weighted by Crippen LogP contribution is -2.18. The molecule has 4 aromatic heterocycles. The van der Waals surface area contributed by atoms with Crippen molar-refractivity contribution in [3.63, 3.8) is 0 Å². The number of aryl methyl sites for hydroxylation is 1. The Kier molecular flexibility index (Phi) is 6.21. The van der Waals surface area contributed by atoms with Gasteiger partial charge in [-0.15, -0.1) is 11.3 Å². The summed E-state index contributed by atoms with van der Waals surface area (Å²) in [6, 6.07) is 13.4. The quantitative estimate of drug-likeness (QED) is 0.317. The van der Waals surface area contributed by atoms with Crippen LogP contribution in [0.1, 0.15) is 33.6 Å². The Hall–Kier alpha value is -4.52. The number of hydrogen-bond acceptors (Lipinski definition) is 6. The zero-order valence-corrected chi connectivity index (χ0v) is 20.0. The molecule has 188 valence electrons. The number of rotatable bonds is 6. The van der Waals surface area contributed by atoms with Gasteiger partial charge in [-0.3, -0.25) is 14.3 Å². The van der Waals surface area contributed by atoms with Gasteiger partial charge in [0.1, 0.15) is 5.69 Å². The molecule has 0 atom stereocenters. The van der Waals surface area contributed by atoms with Gasteiger partial charge in [-0.25, -0.2) is 9.50 Å². The maximum absolute atomic E-state index is 13.8. The number of aromatic nitrogens is 5. The minimum atomic E-state index is -4.72. The van der Waals surface area contributed by atoms with Crippen molar-refractivity contribution >= 4 is 40.2 Å². The van der Waals surface area contributed by atoms with Gasteiger partial charge < -0.3 is 10.6 Å². The van der Waals surface area contributed by atoms with E-state index in [2.05, 4.69) is 25.8 Å². The fourth-order valence-electron chi connectivity index (χ4n) is 3.68. The van der Waals surface area contributed by atoms with Gasteiger partial charge in [0.15, 0.2) is 17.0 Å². The standard InChI is InChI=1S/C24H18F3N7O2S/c1-2-33-18(8-9-28-33)23(36)30-15-6-3-5-14(11-15)29-22(35)17-13-21-31-16(19-7-4-10-37-19)12-20(24(25,26)27)34(21)32-17/h3-13H,2H2,1H3,(H,29,35)(H,30,36). The van der Waals surface area contributed by atoms with E-state index in [0.29, 0.717) is 33.0 Å². The first kappa shape index (κ1) is 24.2. The molecule has 4 heterocycles. The Balaban J connectivity index is 1.40. The summed E-state index contributed by atoms with van der Waals surface area (Å²) in [5.74, 6) is -1.11.